The molecule has 0 spiro atoms. The smallest absolute Gasteiger partial charge is 0.350 e. The van der Waals surface area contributed by atoms with Gasteiger partial charge in [-0.05, 0) is 49.1 Å². The lowest BCUT2D eigenvalue weighted by atomic mass is 9.99. The number of anilines is 1. The van der Waals surface area contributed by atoms with Crippen molar-refractivity contribution in [2.24, 2.45) is 0 Å². The Kier molecular flexibility index (Phi) is 5.83. The topological polar surface area (TPSA) is 89.7 Å². The lowest BCUT2D eigenvalue weighted by molar-refractivity contribution is 0.0605. The molecule has 1 unspecified atom stereocenters. The number of methoxy groups -OCH3 is 1. The van der Waals surface area contributed by atoms with Crippen molar-refractivity contribution in [3.63, 3.8) is 0 Å². The highest BCUT2D eigenvalue weighted by Crippen LogP contribution is 2.43. The summed E-state index contributed by atoms with van der Waals surface area (Å²) in [5, 5.41) is 0.664. The van der Waals surface area contributed by atoms with E-state index in [0.29, 0.717) is 21.5 Å². The summed E-state index contributed by atoms with van der Waals surface area (Å²) < 4.78 is 11.6. The molecule has 0 N–H and O–H groups in total. The fourth-order valence-electron chi connectivity index (χ4n) is 4.01. The number of ether oxygens (including phenoxy) is 1. The van der Waals surface area contributed by atoms with Crippen LogP contribution in [-0.4, -0.2) is 30.2 Å². The van der Waals surface area contributed by atoms with Crippen LogP contribution in [0.3, 0.4) is 0 Å². The highest BCUT2D eigenvalue weighted by atomic mass is 79.9. The minimum atomic E-state index is -0.755. The Morgan fingerprint density at radius 1 is 1.21 bits per heavy atom. The zero-order chi connectivity index (χ0) is 24.1. The van der Waals surface area contributed by atoms with E-state index < -0.39 is 17.9 Å². The van der Waals surface area contributed by atoms with Gasteiger partial charge in [-0.1, -0.05) is 39.4 Å². The number of esters is 1. The second kappa shape index (κ2) is 8.68. The lowest BCUT2D eigenvalue weighted by Gasteiger charge is -2.22. The largest absolute Gasteiger partial charge is 0.465 e. The Morgan fingerprint density at radius 3 is 2.62 bits per heavy atom. The molecule has 1 aliphatic rings. The molecular weight excluding hydrogens is 540 g/mol. The van der Waals surface area contributed by atoms with Gasteiger partial charge < -0.3 is 9.15 Å². The van der Waals surface area contributed by atoms with Gasteiger partial charge in [-0.3, -0.25) is 14.5 Å². The number of carbonyl (C=O) groups is 2. The molecule has 5 rings (SSSR count). The summed E-state index contributed by atoms with van der Waals surface area (Å²) in [6.45, 7) is 1.68. The fourth-order valence-corrected chi connectivity index (χ4v) is 5.79. The Labute approximate surface area is 210 Å². The zero-order valence-electron chi connectivity index (χ0n) is 18.2. The molecule has 0 fully saturated rings. The van der Waals surface area contributed by atoms with Crippen LogP contribution < -0.4 is 10.3 Å². The van der Waals surface area contributed by atoms with Crippen LogP contribution in [0.25, 0.3) is 11.0 Å². The first-order chi connectivity index (χ1) is 16.3. The van der Waals surface area contributed by atoms with Gasteiger partial charge in [-0.2, -0.15) is 0 Å². The Bertz CT molecular complexity index is 1530. The predicted molar refractivity (Wildman–Crippen MR) is 135 cm³/mol. The number of amides is 1. The molecule has 0 saturated heterocycles. The van der Waals surface area contributed by atoms with Gasteiger partial charge in [0.2, 0.25) is 5.76 Å². The van der Waals surface area contributed by atoms with Gasteiger partial charge in [0, 0.05) is 9.37 Å². The van der Waals surface area contributed by atoms with E-state index in [1.165, 1.54) is 12.0 Å². The molecule has 0 radical (unpaired) electrons. The van der Waals surface area contributed by atoms with Crippen LogP contribution >= 0.6 is 39.0 Å². The zero-order valence-corrected chi connectivity index (χ0v) is 21.5. The van der Waals surface area contributed by atoms with Crippen LogP contribution in [0.5, 0.6) is 0 Å². The summed E-state index contributed by atoms with van der Waals surface area (Å²) in [6.07, 6.45) is 1.97. The number of hydrogen-bond acceptors (Lipinski definition) is 8. The van der Waals surface area contributed by atoms with Crippen LogP contribution in [0.2, 0.25) is 0 Å². The third kappa shape index (κ3) is 3.57. The molecule has 34 heavy (non-hydrogen) atoms. The molecule has 1 aliphatic heterocycles. The van der Waals surface area contributed by atoms with E-state index in [1.807, 2.05) is 30.5 Å². The molecule has 1 amide bonds. The summed E-state index contributed by atoms with van der Waals surface area (Å²) in [5.74, 6) is -1.04. The van der Waals surface area contributed by atoms with Crippen molar-refractivity contribution in [3.8, 4) is 0 Å². The Balaban J connectivity index is 1.77. The second-order valence-corrected chi connectivity index (χ2v) is 10.3. The first-order valence-corrected chi connectivity index (χ1v) is 13.0. The number of nitrogens with zero attached hydrogens (tertiary/aromatic N) is 2. The normalized spacial score (nSPS) is 15.1. The van der Waals surface area contributed by atoms with Crippen LogP contribution in [0, 0.1) is 6.92 Å². The van der Waals surface area contributed by atoms with Gasteiger partial charge in [-0.15, -0.1) is 11.8 Å². The summed E-state index contributed by atoms with van der Waals surface area (Å²) in [7, 11) is 1.29. The molecule has 0 aliphatic carbocycles. The predicted octanol–water partition coefficient (Wildman–Crippen LogP) is 5.58. The van der Waals surface area contributed by atoms with Crippen molar-refractivity contribution in [2.75, 3.05) is 18.3 Å². The number of hydrogen-bond donors (Lipinski definition) is 0. The summed E-state index contributed by atoms with van der Waals surface area (Å²) >= 11 is 6.04. The van der Waals surface area contributed by atoms with E-state index in [1.54, 1.807) is 36.9 Å². The molecule has 10 heteroatoms. The van der Waals surface area contributed by atoms with E-state index in [-0.39, 0.29) is 21.9 Å². The summed E-state index contributed by atoms with van der Waals surface area (Å²) in [5.41, 5.74) is 1.47. The molecule has 172 valence electrons. The molecule has 0 bridgehead atoms. The van der Waals surface area contributed by atoms with Crippen LogP contribution in [0.1, 0.15) is 43.1 Å². The summed E-state index contributed by atoms with van der Waals surface area (Å²) in [4.78, 5) is 46.8. The standard InChI is InChI=1S/C24H17BrN2O5S2/c1-11-21(23(30)31-2)34-24(26-11)27-18(12-4-7-14(33-3)8-5-12)17-19(28)15-10-13(25)6-9-16(15)32-20(17)22(27)29/h4-10,18H,1-3H3. The van der Waals surface area contributed by atoms with Crippen molar-refractivity contribution in [3.05, 3.63) is 84.6 Å². The van der Waals surface area contributed by atoms with Crippen LogP contribution in [0.4, 0.5) is 5.13 Å². The van der Waals surface area contributed by atoms with E-state index in [9.17, 15) is 14.4 Å². The number of halogens is 1. The highest BCUT2D eigenvalue weighted by molar-refractivity contribution is 9.10. The second-order valence-electron chi connectivity index (χ2n) is 7.57. The molecule has 3 heterocycles. The third-order valence-corrected chi connectivity index (χ3v) is 8.00. The van der Waals surface area contributed by atoms with Crippen molar-refractivity contribution in [1.82, 2.24) is 4.98 Å². The summed E-state index contributed by atoms with van der Waals surface area (Å²) in [6, 6.07) is 12.0. The maximum absolute atomic E-state index is 13.7. The maximum Gasteiger partial charge on any atom is 0.350 e. The molecule has 2 aromatic carbocycles. The average molecular weight is 557 g/mol. The van der Waals surface area contributed by atoms with Gasteiger partial charge in [0.25, 0.3) is 5.91 Å². The number of carbonyl (C=O) groups excluding carboxylic acids is 2. The van der Waals surface area contributed by atoms with Crippen molar-refractivity contribution in [1.29, 1.82) is 0 Å². The quantitative estimate of drug-likeness (QED) is 0.239. The first kappa shape index (κ1) is 22.8. The van der Waals surface area contributed by atoms with Crippen molar-refractivity contribution in [2.45, 2.75) is 17.9 Å². The fraction of sp³-hybridized carbons (Fsp3) is 0.167. The molecule has 2 aromatic heterocycles. The van der Waals surface area contributed by atoms with E-state index in [0.717, 1.165) is 26.3 Å². The molecule has 0 saturated carbocycles. The number of thiazole rings is 1. The van der Waals surface area contributed by atoms with Gasteiger partial charge in [0.05, 0.1) is 29.8 Å². The number of thioether (sulfide) groups is 1. The van der Waals surface area contributed by atoms with Gasteiger partial charge in [0.1, 0.15) is 10.5 Å². The number of rotatable bonds is 4. The maximum atomic E-state index is 13.7. The Hall–Kier alpha value is -2.95. The molecular formula is C24H17BrN2O5S2. The van der Waals surface area contributed by atoms with Crippen LogP contribution in [-0.2, 0) is 4.74 Å². The Morgan fingerprint density at radius 2 is 1.94 bits per heavy atom. The van der Waals surface area contributed by atoms with Gasteiger partial charge in [-0.25, -0.2) is 9.78 Å². The average Bonchev–Trinajstić information content (AvgIpc) is 3.36. The SMILES string of the molecule is COC(=O)c1sc(N2C(=O)c3oc4ccc(Br)cc4c(=O)c3C2c2ccc(SC)cc2)nc1C. The minimum Gasteiger partial charge on any atom is -0.465 e. The lowest BCUT2D eigenvalue weighted by Crippen LogP contribution is -2.29. The molecule has 7 nitrogen and oxygen atoms in total. The van der Waals surface area contributed by atoms with E-state index in [4.69, 9.17) is 9.15 Å². The number of aryl methyl sites for hydroxylation is 1. The monoisotopic (exact) mass is 556 g/mol. The molecule has 4 aromatic rings. The van der Waals surface area contributed by atoms with Gasteiger partial charge in [0.15, 0.2) is 10.6 Å². The number of aromatic nitrogens is 1. The highest BCUT2D eigenvalue weighted by Gasteiger charge is 2.45. The third-order valence-electron chi connectivity index (χ3n) is 5.63. The number of benzene rings is 2. The van der Waals surface area contributed by atoms with E-state index in [2.05, 4.69) is 20.9 Å². The molecule has 1 atom stereocenters. The van der Waals surface area contributed by atoms with Crippen molar-refractivity contribution < 1.29 is 18.7 Å². The number of fused-ring (bicyclic) bond motifs is 2. The van der Waals surface area contributed by atoms with Crippen LogP contribution in [0.15, 0.2) is 61.0 Å². The van der Waals surface area contributed by atoms with E-state index >= 15 is 0 Å². The first-order valence-electron chi connectivity index (χ1n) is 10.1. The minimum absolute atomic E-state index is 0.0220. The van der Waals surface area contributed by atoms with Gasteiger partial charge >= 0.3 is 5.97 Å². The van der Waals surface area contributed by atoms with Crippen molar-refractivity contribution >= 4 is 67.0 Å².